The van der Waals surface area contributed by atoms with Crippen LogP contribution in [0.4, 0.5) is 17.6 Å². The van der Waals surface area contributed by atoms with Gasteiger partial charge in [-0.3, -0.25) is 0 Å². The number of para-hydroxylation sites is 1. The van der Waals surface area contributed by atoms with Gasteiger partial charge in [0.2, 0.25) is 0 Å². The lowest BCUT2D eigenvalue weighted by Gasteiger charge is -2.22. The third-order valence-corrected chi connectivity index (χ3v) is 2.89. The molecule has 0 aliphatic heterocycles. The molecule has 0 radical (unpaired) electrons. The number of alkyl halides is 4. The minimum Gasteiger partial charge on any atom is -0.487 e. The van der Waals surface area contributed by atoms with Crippen LogP contribution in [0.5, 0.6) is 5.75 Å². The summed E-state index contributed by atoms with van der Waals surface area (Å²) in [5, 5.41) is 3.19. The topological polar surface area (TPSA) is 21.3 Å². The number of benzene rings is 1. The summed E-state index contributed by atoms with van der Waals surface area (Å²) in [6.07, 6.45) is -3.00. The van der Waals surface area contributed by atoms with E-state index in [9.17, 15) is 17.6 Å². The lowest BCUT2D eigenvalue weighted by atomic mass is 10.0. The quantitative estimate of drug-likeness (QED) is 0.731. The van der Waals surface area contributed by atoms with E-state index in [1.54, 1.807) is 18.2 Å². The van der Waals surface area contributed by atoms with E-state index in [2.05, 4.69) is 5.32 Å². The lowest BCUT2D eigenvalue weighted by Crippen LogP contribution is -2.34. The van der Waals surface area contributed by atoms with Crippen molar-refractivity contribution >= 4 is 0 Å². The third-order valence-electron chi connectivity index (χ3n) is 2.89. The molecule has 0 aliphatic rings. The van der Waals surface area contributed by atoms with Gasteiger partial charge in [-0.15, -0.1) is 0 Å². The van der Waals surface area contributed by atoms with Gasteiger partial charge in [0, 0.05) is 11.6 Å². The van der Waals surface area contributed by atoms with Crippen molar-refractivity contribution in [2.75, 3.05) is 13.2 Å². The average molecular weight is 293 g/mol. The van der Waals surface area contributed by atoms with Gasteiger partial charge in [0.25, 0.3) is 0 Å². The number of rotatable bonds is 8. The number of halogens is 4. The van der Waals surface area contributed by atoms with E-state index in [-0.39, 0.29) is 11.8 Å². The van der Waals surface area contributed by atoms with E-state index in [1.807, 2.05) is 13.8 Å². The maximum absolute atomic E-state index is 12.9. The van der Waals surface area contributed by atoms with Gasteiger partial charge in [-0.25, -0.2) is 8.78 Å². The van der Waals surface area contributed by atoms with E-state index < -0.39 is 19.0 Å². The second-order valence-electron chi connectivity index (χ2n) is 4.41. The van der Waals surface area contributed by atoms with Crippen molar-refractivity contribution in [2.45, 2.75) is 38.7 Å². The molecule has 2 nitrogen and oxygen atoms in total. The first-order valence-electron chi connectivity index (χ1n) is 6.53. The summed E-state index contributed by atoms with van der Waals surface area (Å²) < 4.78 is 55.0. The molecule has 0 aliphatic carbocycles. The van der Waals surface area contributed by atoms with Crippen LogP contribution >= 0.6 is 0 Å². The van der Waals surface area contributed by atoms with Gasteiger partial charge in [-0.05, 0) is 19.0 Å². The van der Waals surface area contributed by atoms with Crippen molar-refractivity contribution in [3.63, 3.8) is 0 Å². The van der Waals surface area contributed by atoms with E-state index >= 15 is 0 Å². The zero-order valence-electron chi connectivity index (χ0n) is 11.5. The summed E-state index contributed by atoms with van der Waals surface area (Å²) in [7, 11) is 0. The Kier molecular flexibility index (Phi) is 6.26. The number of hydrogen-bond acceptors (Lipinski definition) is 2. The zero-order chi connectivity index (χ0) is 15.2. The Labute approximate surface area is 116 Å². The number of nitrogens with one attached hydrogen (secondary N) is 1. The molecule has 20 heavy (non-hydrogen) atoms. The van der Waals surface area contributed by atoms with Gasteiger partial charge < -0.3 is 10.1 Å². The average Bonchev–Trinajstić information content (AvgIpc) is 2.43. The van der Waals surface area contributed by atoms with Crippen molar-refractivity contribution in [1.29, 1.82) is 0 Å². The first kappa shape index (κ1) is 16.8. The maximum Gasteiger partial charge on any atom is 0.340 e. The molecule has 0 heterocycles. The molecular weight excluding hydrogens is 274 g/mol. The molecule has 0 saturated heterocycles. The summed E-state index contributed by atoms with van der Waals surface area (Å²) in [6, 6.07) is 6.58. The molecule has 0 fully saturated rings. The van der Waals surface area contributed by atoms with Gasteiger partial charge in [-0.2, -0.15) is 8.78 Å². The summed E-state index contributed by atoms with van der Waals surface area (Å²) in [5.74, 6) is -3.94. The highest BCUT2D eigenvalue weighted by atomic mass is 19.3. The van der Waals surface area contributed by atoms with Crippen LogP contribution in [0.25, 0.3) is 0 Å². The van der Waals surface area contributed by atoms with Crippen LogP contribution in [0.2, 0.25) is 0 Å². The lowest BCUT2D eigenvalue weighted by molar-refractivity contribution is -0.148. The second kappa shape index (κ2) is 7.47. The molecule has 0 saturated carbocycles. The molecular formula is C14H19F4NO. The van der Waals surface area contributed by atoms with Crippen molar-refractivity contribution in [1.82, 2.24) is 5.32 Å². The van der Waals surface area contributed by atoms with Gasteiger partial charge in [0.1, 0.15) is 5.75 Å². The molecule has 0 spiro atoms. The third kappa shape index (κ3) is 4.37. The molecule has 1 aromatic rings. The van der Waals surface area contributed by atoms with E-state index in [0.29, 0.717) is 12.1 Å². The predicted octanol–water partition coefficient (Wildman–Crippen LogP) is 4.03. The molecule has 1 aromatic carbocycles. The fourth-order valence-electron chi connectivity index (χ4n) is 1.86. The largest absolute Gasteiger partial charge is 0.487 e. The van der Waals surface area contributed by atoms with Crippen LogP contribution in [-0.4, -0.2) is 25.5 Å². The van der Waals surface area contributed by atoms with Gasteiger partial charge >= 0.3 is 12.3 Å². The molecule has 0 amide bonds. The van der Waals surface area contributed by atoms with Gasteiger partial charge in [0.15, 0.2) is 6.61 Å². The highest BCUT2D eigenvalue weighted by Gasteiger charge is 2.41. The fourth-order valence-corrected chi connectivity index (χ4v) is 1.86. The van der Waals surface area contributed by atoms with Crippen molar-refractivity contribution < 1.29 is 22.3 Å². The minimum absolute atomic E-state index is 0.0589. The first-order chi connectivity index (χ1) is 9.42. The Morgan fingerprint density at radius 3 is 2.40 bits per heavy atom. The Hall–Kier alpha value is -1.30. The minimum atomic E-state index is -4.15. The highest BCUT2D eigenvalue weighted by molar-refractivity contribution is 5.36. The van der Waals surface area contributed by atoms with Crippen molar-refractivity contribution in [2.24, 2.45) is 0 Å². The Morgan fingerprint density at radius 2 is 1.85 bits per heavy atom. The van der Waals surface area contributed by atoms with Crippen LogP contribution in [0, 0.1) is 0 Å². The molecule has 1 rings (SSSR count). The first-order valence-corrected chi connectivity index (χ1v) is 6.53. The molecule has 1 atom stereocenters. The van der Waals surface area contributed by atoms with E-state index in [0.717, 1.165) is 6.42 Å². The molecule has 1 unspecified atom stereocenters. The smallest absolute Gasteiger partial charge is 0.340 e. The fraction of sp³-hybridized carbons (Fsp3) is 0.571. The van der Waals surface area contributed by atoms with Gasteiger partial charge in [0.05, 0.1) is 0 Å². The normalized spacial score (nSPS) is 13.6. The molecule has 0 bridgehead atoms. The van der Waals surface area contributed by atoms with Crippen LogP contribution in [-0.2, 0) is 0 Å². The van der Waals surface area contributed by atoms with E-state index in [1.165, 1.54) is 6.07 Å². The van der Waals surface area contributed by atoms with Gasteiger partial charge in [-0.1, -0.05) is 32.0 Å². The summed E-state index contributed by atoms with van der Waals surface area (Å²) in [5.41, 5.74) is 0.696. The molecule has 114 valence electrons. The Bertz CT molecular complexity index is 412. The highest BCUT2D eigenvalue weighted by Crippen LogP contribution is 2.30. The van der Waals surface area contributed by atoms with E-state index in [4.69, 9.17) is 4.74 Å². The monoisotopic (exact) mass is 293 g/mol. The van der Waals surface area contributed by atoms with Crippen LogP contribution in [0.3, 0.4) is 0 Å². The van der Waals surface area contributed by atoms with Crippen LogP contribution < -0.4 is 10.1 Å². The van der Waals surface area contributed by atoms with Crippen molar-refractivity contribution in [3.8, 4) is 5.75 Å². The molecule has 0 aromatic heterocycles. The zero-order valence-corrected chi connectivity index (χ0v) is 11.5. The number of hydrogen-bond donors (Lipinski definition) is 1. The number of ether oxygens (including phenoxy) is 1. The summed E-state index contributed by atoms with van der Waals surface area (Å²) >= 11 is 0. The Balaban J connectivity index is 2.85. The molecule has 1 N–H and O–H groups in total. The van der Waals surface area contributed by atoms with Crippen LogP contribution in [0.1, 0.15) is 31.9 Å². The summed E-state index contributed by atoms with van der Waals surface area (Å²) in [6.45, 7) is 3.25. The predicted molar refractivity (Wildman–Crippen MR) is 69.6 cm³/mol. The standard InChI is InChI=1S/C14H19F4NO/c1-3-11(19-4-2)10-7-5-6-8-12(10)20-9-14(17,18)13(15)16/h5-8,11,13,19H,3-4,9H2,1-2H3. The summed E-state index contributed by atoms with van der Waals surface area (Å²) in [4.78, 5) is 0. The maximum atomic E-state index is 12.9. The Morgan fingerprint density at radius 1 is 1.20 bits per heavy atom. The molecule has 6 heteroatoms. The second-order valence-corrected chi connectivity index (χ2v) is 4.41. The van der Waals surface area contributed by atoms with Crippen molar-refractivity contribution in [3.05, 3.63) is 29.8 Å². The SMILES string of the molecule is CCNC(CC)c1ccccc1OCC(F)(F)C(F)F. The van der Waals surface area contributed by atoms with Crippen LogP contribution in [0.15, 0.2) is 24.3 Å².